The van der Waals surface area contributed by atoms with Crippen LogP contribution >= 0.6 is 0 Å². The fraction of sp³-hybridized carbons (Fsp3) is 0.647. The molecule has 0 amide bonds. The summed E-state index contributed by atoms with van der Waals surface area (Å²) in [5, 5.41) is 3.69. The molecule has 0 aliphatic carbocycles. The molecule has 0 aromatic heterocycles. The minimum atomic E-state index is 0.670. The molecule has 0 radical (unpaired) electrons. The molecule has 1 aromatic rings. The molecule has 0 saturated heterocycles. The summed E-state index contributed by atoms with van der Waals surface area (Å²) < 4.78 is 5.13. The third-order valence-electron chi connectivity index (χ3n) is 3.47. The summed E-state index contributed by atoms with van der Waals surface area (Å²) in [5.41, 5.74) is 2.60. The standard InChI is InChI=1S/C17H29NO/c1-4-6-8-17(7-5-2)18-13-15-9-11-16(12-10-15)14-19-3/h9-12,17-18H,4-8,13-14H2,1-3H3. The molecular formula is C17H29NO. The van der Waals surface area contributed by atoms with Crippen molar-refractivity contribution in [2.24, 2.45) is 0 Å². The van der Waals surface area contributed by atoms with Crippen LogP contribution in [0.3, 0.4) is 0 Å². The Hall–Kier alpha value is -0.860. The maximum absolute atomic E-state index is 5.13. The van der Waals surface area contributed by atoms with Gasteiger partial charge in [-0.3, -0.25) is 0 Å². The summed E-state index contributed by atoms with van der Waals surface area (Å²) in [7, 11) is 1.73. The molecule has 0 bridgehead atoms. The average molecular weight is 263 g/mol. The molecule has 19 heavy (non-hydrogen) atoms. The van der Waals surface area contributed by atoms with Crippen LogP contribution in [0, 0.1) is 0 Å². The zero-order chi connectivity index (χ0) is 13.9. The first-order valence-corrected chi connectivity index (χ1v) is 7.60. The van der Waals surface area contributed by atoms with E-state index in [1.54, 1.807) is 7.11 Å². The zero-order valence-electron chi connectivity index (χ0n) is 12.7. The van der Waals surface area contributed by atoms with Gasteiger partial charge in [0.05, 0.1) is 6.61 Å². The molecular weight excluding hydrogens is 234 g/mol. The lowest BCUT2D eigenvalue weighted by atomic mass is 10.0. The summed E-state index contributed by atoms with van der Waals surface area (Å²) in [5.74, 6) is 0. The molecule has 1 rings (SSSR count). The van der Waals surface area contributed by atoms with Crippen molar-refractivity contribution in [1.29, 1.82) is 0 Å². The van der Waals surface area contributed by atoms with Gasteiger partial charge < -0.3 is 10.1 Å². The van der Waals surface area contributed by atoms with Crippen molar-refractivity contribution in [2.75, 3.05) is 7.11 Å². The number of hydrogen-bond donors (Lipinski definition) is 1. The Kier molecular flexibility index (Phi) is 8.52. The van der Waals surface area contributed by atoms with E-state index < -0.39 is 0 Å². The Morgan fingerprint density at radius 2 is 1.68 bits per heavy atom. The molecule has 0 heterocycles. The summed E-state index contributed by atoms with van der Waals surface area (Å²) in [6, 6.07) is 9.38. The van der Waals surface area contributed by atoms with Crippen LogP contribution in [0.1, 0.15) is 57.1 Å². The second-order valence-corrected chi connectivity index (χ2v) is 5.26. The SMILES string of the molecule is CCCCC(CCC)NCc1ccc(COC)cc1. The molecule has 1 atom stereocenters. The fourth-order valence-corrected chi connectivity index (χ4v) is 2.33. The lowest BCUT2D eigenvalue weighted by Gasteiger charge is -2.18. The van der Waals surface area contributed by atoms with Crippen molar-refractivity contribution in [3.63, 3.8) is 0 Å². The van der Waals surface area contributed by atoms with Crippen LogP contribution in [0.4, 0.5) is 0 Å². The van der Waals surface area contributed by atoms with E-state index in [0.717, 1.165) is 6.54 Å². The van der Waals surface area contributed by atoms with Gasteiger partial charge in [-0.15, -0.1) is 0 Å². The van der Waals surface area contributed by atoms with E-state index in [4.69, 9.17) is 4.74 Å². The Balaban J connectivity index is 2.39. The number of rotatable bonds is 10. The molecule has 0 aliphatic rings. The van der Waals surface area contributed by atoms with Crippen LogP contribution in [0.5, 0.6) is 0 Å². The zero-order valence-corrected chi connectivity index (χ0v) is 12.7. The summed E-state index contributed by atoms with van der Waals surface area (Å²) in [6.45, 7) is 6.20. The first kappa shape index (κ1) is 16.2. The Bertz CT molecular complexity index is 321. The number of methoxy groups -OCH3 is 1. The molecule has 0 spiro atoms. The van der Waals surface area contributed by atoms with Gasteiger partial charge in [0.1, 0.15) is 0 Å². The second kappa shape index (κ2) is 9.99. The van der Waals surface area contributed by atoms with Gasteiger partial charge in [0.25, 0.3) is 0 Å². The quantitative estimate of drug-likeness (QED) is 0.680. The van der Waals surface area contributed by atoms with Crippen molar-refractivity contribution in [3.05, 3.63) is 35.4 Å². The topological polar surface area (TPSA) is 21.3 Å². The van der Waals surface area contributed by atoms with Gasteiger partial charge in [-0.1, -0.05) is 57.4 Å². The number of hydrogen-bond acceptors (Lipinski definition) is 2. The van der Waals surface area contributed by atoms with Crippen molar-refractivity contribution >= 4 is 0 Å². The second-order valence-electron chi connectivity index (χ2n) is 5.26. The molecule has 0 fully saturated rings. The van der Waals surface area contributed by atoms with Crippen molar-refractivity contribution in [3.8, 4) is 0 Å². The van der Waals surface area contributed by atoms with Crippen LogP contribution in [-0.2, 0) is 17.9 Å². The molecule has 1 unspecified atom stereocenters. The number of unbranched alkanes of at least 4 members (excludes halogenated alkanes) is 1. The highest BCUT2D eigenvalue weighted by molar-refractivity contribution is 5.21. The lowest BCUT2D eigenvalue weighted by molar-refractivity contribution is 0.185. The van der Waals surface area contributed by atoms with E-state index in [2.05, 4.69) is 43.4 Å². The molecule has 1 aromatic carbocycles. The predicted octanol–water partition coefficient (Wildman–Crippen LogP) is 4.28. The number of ether oxygens (including phenoxy) is 1. The highest BCUT2D eigenvalue weighted by atomic mass is 16.5. The predicted molar refractivity (Wildman–Crippen MR) is 82.2 cm³/mol. The van der Waals surface area contributed by atoms with Gasteiger partial charge in [-0.05, 0) is 24.0 Å². The summed E-state index contributed by atoms with van der Waals surface area (Å²) >= 11 is 0. The van der Waals surface area contributed by atoms with Crippen LogP contribution < -0.4 is 5.32 Å². The fourth-order valence-electron chi connectivity index (χ4n) is 2.33. The normalized spacial score (nSPS) is 12.6. The van der Waals surface area contributed by atoms with E-state index in [0.29, 0.717) is 12.6 Å². The monoisotopic (exact) mass is 263 g/mol. The van der Waals surface area contributed by atoms with Crippen molar-refractivity contribution in [2.45, 2.75) is 65.1 Å². The van der Waals surface area contributed by atoms with Gasteiger partial charge in [0.15, 0.2) is 0 Å². The van der Waals surface area contributed by atoms with E-state index in [1.165, 1.54) is 43.2 Å². The number of benzene rings is 1. The summed E-state index contributed by atoms with van der Waals surface area (Å²) in [4.78, 5) is 0. The Labute approximate surface area is 118 Å². The van der Waals surface area contributed by atoms with Crippen molar-refractivity contribution < 1.29 is 4.74 Å². The van der Waals surface area contributed by atoms with Crippen LogP contribution in [0.2, 0.25) is 0 Å². The first-order chi connectivity index (χ1) is 9.30. The van der Waals surface area contributed by atoms with Gasteiger partial charge in [-0.2, -0.15) is 0 Å². The molecule has 1 N–H and O–H groups in total. The molecule has 2 nitrogen and oxygen atoms in total. The Morgan fingerprint density at radius 1 is 1.00 bits per heavy atom. The van der Waals surface area contributed by atoms with E-state index in [9.17, 15) is 0 Å². The maximum atomic E-state index is 5.13. The molecule has 108 valence electrons. The van der Waals surface area contributed by atoms with Crippen LogP contribution in [-0.4, -0.2) is 13.2 Å². The van der Waals surface area contributed by atoms with Gasteiger partial charge in [0.2, 0.25) is 0 Å². The molecule has 0 aliphatic heterocycles. The largest absolute Gasteiger partial charge is 0.380 e. The maximum Gasteiger partial charge on any atom is 0.0713 e. The minimum absolute atomic E-state index is 0.670. The van der Waals surface area contributed by atoms with E-state index in [-0.39, 0.29) is 0 Å². The minimum Gasteiger partial charge on any atom is -0.380 e. The third-order valence-corrected chi connectivity index (χ3v) is 3.47. The van der Waals surface area contributed by atoms with Gasteiger partial charge in [0, 0.05) is 19.7 Å². The molecule has 2 heteroatoms. The average Bonchev–Trinajstić information content (AvgIpc) is 2.44. The number of nitrogens with one attached hydrogen (secondary N) is 1. The van der Waals surface area contributed by atoms with E-state index in [1.807, 2.05) is 0 Å². The van der Waals surface area contributed by atoms with Crippen LogP contribution in [0.15, 0.2) is 24.3 Å². The van der Waals surface area contributed by atoms with Gasteiger partial charge >= 0.3 is 0 Å². The Morgan fingerprint density at radius 3 is 2.26 bits per heavy atom. The third kappa shape index (κ3) is 6.74. The van der Waals surface area contributed by atoms with Crippen LogP contribution in [0.25, 0.3) is 0 Å². The first-order valence-electron chi connectivity index (χ1n) is 7.60. The lowest BCUT2D eigenvalue weighted by Crippen LogP contribution is -2.28. The highest BCUT2D eigenvalue weighted by Crippen LogP contribution is 2.10. The smallest absolute Gasteiger partial charge is 0.0713 e. The highest BCUT2D eigenvalue weighted by Gasteiger charge is 2.06. The van der Waals surface area contributed by atoms with Gasteiger partial charge in [-0.25, -0.2) is 0 Å². The summed E-state index contributed by atoms with van der Waals surface area (Å²) in [6.07, 6.45) is 6.44. The van der Waals surface area contributed by atoms with E-state index >= 15 is 0 Å². The molecule has 0 saturated carbocycles. The van der Waals surface area contributed by atoms with Crippen molar-refractivity contribution in [1.82, 2.24) is 5.32 Å².